The summed E-state index contributed by atoms with van der Waals surface area (Å²) in [4.78, 5) is 13.1. The molecule has 0 unspecified atom stereocenters. The Morgan fingerprint density at radius 2 is 2.19 bits per heavy atom. The number of carbonyl (C=O) groups excluding carboxylic acids is 1. The minimum atomic E-state index is -0.623. The van der Waals surface area contributed by atoms with Crippen LogP contribution in [0, 0.1) is 0 Å². The molecule has 5 heteroatoms. The number of thiophene rings is 1. The van der Waals surface area contributed by atoms with Crippen LogP contribution in [0.15, 0.2) is 46.9 Å². The molecule has 0 aliphatic carbocycles. The van der Waals surface area contributed by atoms with Crippen molar-refractivity contribution in [3.63, 3.8) is 0 Å². The molecule has 2 aromatic rings. The molecule has 1 aromatic heterocycles. The van der Waals surface area contributed by atoms with Gasteiger partial charge < -0.3 is 4.74 Å². The van der Waals surface area contributed by atoms with Gasteiger partial charge in [-0.3, -0.25) is 4.79 Å². The first-order chi connectivity index (χ1) is 10.2. The quantitative estimate of drug-likeness (QED) is 0.855. The molecule has 0 amide bonds. The van der Waals surface area contributed by atoms with Gasteiger partial charge in [-0.25, -0.2) is 5.01 Å². The first kappa shape index (κ1) is 12.6. The van der Waals surface area contributed by atoms with E-state index in [0.717, 1.165) is 28.3 Å². The van der Waals surface area contributed by atoms with Crippen LogP contribution < -0.4 is 4.74 Å². The Kier molecular flexibility index (Phi) is 2.82. The maximum atomic E-state index is 11.9. The Hall–Kier alpha value is -2.14. The minimum Gasteiger partial charge on any atom is -0.461 e. The zero-order valence-electron chi connectivity index (χ0n) is 11.5. The van der Waals surface area contributed by atoms with Crippen LogP contribution in [0.25, 0.3) is 0 Å². The third kappa shape index (κ3) is 1.96. The molecule has 4 nitrogen and oxygen atoms in total. The first-order valence-electron chi connectivity index (χ1n) is 6.90. The SMILES string of the molecule is CC(=O)[C@@H]1Oc2ccccc2[C@@H]2CC(c3cccs3)=NN12. The molecule has 2 aliphatic rings. The van der Waals surface area contributed by atoms with E-state index in [1.807, 2.05) is 34.7 Å². The molecular weight excluding hydrogens is 284 g/mol. The first-order valence-corrected chi connectivity index (χ1v) is 7.78. The van der Waals surface area contributed by atoms with Crippen LogP contribution in [0.1, 0.15) is 29.8 Å². The molecule has 3 heterocycles. The van der Waals surface area contributed by atoms with E-state index in [9.17, 15) is 4.79 Å². The van der Waals surface area contributed by atoms with Crippen LogP contribution in [0.2, 0.25) is 0 Å². The number of nitrogens with zero attached hydrogens (tertiary/aromatic N) is 2. The highest BCUT2D eigenvalue weighted by molar-refractivity contribution is 7.12. The number of Topliss-reactive ketones (excluding diaryl/α,β-unsaturated/α-hetero) is 1. The van der Waals surface area contributed by atoms with Crippen molar-refractivity contribution in [2.75, 3.05) is 0 Å². The van der Waals surface area contributed by atoms with Crippen molar-refractivity contribution in [2.24, 2.45) is 5.10 Å². The highest BCUT2D eigenvalue weighted by Gasteiger charge is 2.42. The zero-order valence-corrected chi connectivity index (χ0v) is 12.3. The Balaban J connectivity index is 1.78. The van der Waals surface area contributed by atoms with E-state index in [2.05, 4.69) is 17.2 Å². The van der Waals surface area contributed by atoms with Crippen LogP contribution >= 0.6 is 11.3 Å². The van der Waals surface area contributed by atoms with Gasteiger partial charge in [-0.15, -0.1) is 11.3 Å². The molecule has 0 fully saturated rings. The average Bonchev–Trinajstić information content (AvgIpc) is 3.15. The van der Waals surface area contributed by atoms with E-state index < -0.39 is 6.23 Å². The van der Waals surface area contributed by atoms with Gasteiger partial charge in [-0.05, 0) is 17.5 Å². The zero-order chi connectivity index (χ0) is 14.4. The molecule has 0 N–H and O–H groups in total. The lowest BCUT2D eigenvalue weighted by molar-refractivity contribution is -0.135. The molecule has 0 radical (unpaired) electrons. The second-order valence-electron chi connectivity index (χ2n) is 5.24. The van der Waals surface area contributed by atoms with Gasteiger partial charge in [-0.1, -0.05) is 24.3 Å². The summed E-state index contributed by atoms with van der Waals surface area (Å²) in [6.45, 7) is 1.55. The molecule has 0 bridgehead atoms. The molecule has 0 saturated carbocycles. The fraction of sp³-hybridized carbons (Fsp3) is 0.250. The lowest BCUT2D eigenvalue weighted by Crippen LogP contribution is -2.44. The van der Waals surface area contributed by atoms with E-state index in [0.29, 0.717) is 0 Å². The number of benzene rings is 1. The van der Waals surface area contributed by atoms with Crippen molar-refractivity contribution in [1.82, 2.24) is 5.01 Å². The normalized spacial score (nSPS) is 23.1. The number of carbonyl (C=O) groups is 1. The van der Waals surface area contributed by atoms with E-state index in [-0.39, 0.29) is 11.8 Å². The van der Waals surface area contributed by atoms with Crippen molar-refractivity contribution in [3.8, 4) is 5.75 Å². The van der Waals surface area contributed by atoms with E-state index in [4.69, 9.17) is 4.74 Å². The summed E-state index contributed by atoms with van der Waals surface area (Å²) in [6.07, 6.45) is 0.187. The largest absolute Gasteiger partial charge is 0.461 e. The minimum absolute atomic E-state index is 0.0225. The third-order valence-electron chi connectivity index (χ3n) is 3.85. The number of fused-ring (bicyclic) bond motifs is 3. The Labute approximate surface area is 126 Å². The standard InChI is InChI=1S/C16H14N2O2S/c1-10(19)16-18-13(11-5-2-3-6-14(11)20-16)9-12(17-18)15-7-4-8-21-15/h2-8,13,16H,9H2,1H3/t13-,16-/m0/s1. The van der Waals surface area contributed by atoms with Crippen LogP contribution in [0.3, 0.4) is 0 Å². The van der Waals surface area contributed by atoms with Gasteiger partial charge >= 0.3 is 0 Å². The van der Waals surface area contributed by atoms with Gasteiger partial charge in [0.1, 0.15) is 5.75 Å². The number of ketones is 1. The molecule has 2 atom stereocenters. The number of ether oxygens (including phenoxy) is 1. The van der Waals surface area contributed by atoms with Crippen LogP contribution in [-0.4, -0.2) is 22.7 Å². The van der Waals surface area contributed by atoms with Crippen LogP contribution in [0.4, 0.5) is 0 Å². The molecule has 0 spiro atoms. The summed E-state index contributed by atoms with van der Waals surface area (Å²) in [5, 5.41) is 8.53. The molecule has 4 rings (SSSR count). The molecule has 106 valence electrons. The van der Waals surface area contributed by atoms with Gasteiger partial charge in [0, 0.05) is 18.9 Å². The van der Waals surface area contributed by atoms with Gasteiger partial charge in [0.15, 0.2) is 5.78 Å². The lowest BCUT2D eigenvalue weighted by atomic mass is 9.98. The maximum absolute atomic E-state index is 11.9. The Morgan fingerprint density at radius 3 is 2.95 bits per heavy atom. The summed E-state index contributed by atoms with van der Waals surface area (Å²) in [5.74, 6) is 0.771. The van der Waals surface area contributed by atoms with Crippen molar-refractivity contribution in [2.45, 2.75) is 25.6 Å². The van der Waals surface area contributed by atoms with Gasteiger partial charge in [-0.2, -0.15) is 5.10 Å². The number of para-hydroxylation sites is 1. The van der Waals surface area contributed by atoms with E-state index >= 15 is 0 Å². The number of hydrogen-bond donors (Lipinski definition) is 0. The number of rotatable bonds is 2. The second kappa shape index (κ2) is 4.70. The number of hydrazone groups is 1. The van der Waals surface area contributed by atoms with Gasteiger partial charge in [0.25, 0.3) is 0 Å². The van der Waals surface area contributed by atoms with Crippen molar-refractivity contribution in [3.05, 3.63) is 52.2 Å². The predicted octanol–water partition coefficient (Wildman–Crippen LogP) is 3.21. The molecular formula is C16H14N2O2S. The maximum Gasteiger partial charge on any atom is 0.246 e. The molecule has 21 heavy (non-hydrogen) atoms. The third-order valence-corrected chi connectivity index (χ3v) is 4.77. The highest BCUT2D eigenvalue weighted by Crippen LogP contribution is 2.43. The summed E-state index contributed by atoms with van der Waals surface area (Å²) in [7, 11) is 0. The summed E-state index contributed by atoms with van der Waals surface area (Å²) in [5.41, 5.74) is 2.13. The van der Waals surface area contributed by atoms with Crippen molar-refractivity contribution in [1.29, 1.82) is 0 Å². The smallest absolute Gasteiger partial charge is 0.246 e. The second-order valence-corrected chi connectivity index (χ2v) is 6.19. The molecule has 1 aromatic carbocycles. The Bertz CT molecular complexity index is 724. The molecule has 0 saturated heterocycles. The van der Waals surface area contributed by atoms with Crippen LogP contribution in [0.5, 0.6) is 5.75 Å². The highest BCUT2D eigenvalue weighted by atomic mass is 32.1. The van der Waals surface area contributed by atoms with Crippen LogP contribution in [-0.2, 0) is 4.79 Å². The van der Waals surface area contributed by atoms with Gasteiger partial charge in [0.2, 0.25) is 6.23 Å². The fourth-order valence-corrected chi connectivity index (χ4v) is 3.62. The number of hydrogen-bond acceptors (Lipinski definition) is 5. The topological polar surface area (TPSA) is 41.9 Å². The predicted molar refractivity (Wildman–Crippen MR) is 81.6 cm³/mol. The Morgan fingerprint density at radius 1 is 1.33 bits per heavy atom. The van der Waals surface area contributed by atoms with E-state index in [1.54, 1.807) is 18.3 Å². The monoisotopic (exact) mass is 298 g/mol. The fourth-order valence-electron chi connectivity index (χ4n) is 2.89. The van der Waals surface area contributed by atoms with Crippen molar-refractivity contribution < 1.29 is 9.53 Å². The van der Waals surface area contributed by atoms with Gasteiger partial charge in [0.05, 0.1) is 16.6 Å². The molecule has 2 aliphatic heterocycles. The van der Waals surface area contributed by atoms with Crippen molar-refractivity contribution >= 4 is 22.8 Å². The van der Waals surface area contributed by atoms with E-state index in [1.165, 1.54) is 0 Å². The summed E-state index contributed by atoms with van der Waals surface area (Å²) in [6, 6.07) is 12.1. The summed E-state index contributed by atoms with van der Waals surface area (Å²) >= 11 is 1.67. The lowest BCUT2D eigenvalue weighted by Gasteiger charge is -2.36. The average molecular weight is 298 g/mol. The summed E-state index contributed by atoms with van der Waals surface area (Å²) < 4.78 is 5.85.